The van der Waals surface area contributed by atoms with E-state index in [-0.39, 0.29) is 29.1 Å². The zero-order valence-corrected chi connectivity index (χ0v) is 25.9. The van der Waals surface area contributed by atoms with Gasteiger partial charge < -0.3 is 19.7 Å². The lowest BCUT2D eigenvalue weighted by atomic mass is 10.1. The van der Waals surface area contributed by atoms with Gasteiger partial charge >= 0.3 is 0 Å². The van der Waals surface area contributed by atoms with E-state index in [4.69, 9.17) is 9.47 Å². The predicted molar refractivity (Wildman–Crippen MR) is 167 cm³/mol. The number of nitrogens with one attached hydrogen (secondary N) is 1. The van der Waals surface area contributed by atoms with Crippen LogP contribution >= 0.6 is 0 Å². The van der Waals surface area contributed by atoms with Crippen molar-refractivity contribution in [2.24, 2.45) is 0 Å². The summed E-state index contributed by atoms with van der Waals surface area (Å²) in [4.78, 5) is 29.5. The average Bonchev–Trinajstić information content (AvgIpc) is 3.53. The highest BCUT2D eigenvalue weighted by Gasteiger charge is 2.35. The fourth-order valence-corrected chi connectivity index (χ4v) is 6.87. The van der Waals surface area contributed by atoms with Gasteiger partial charge in [0.1, 0.15) is 24.1 Å². The highest BCUT2D eigenvalue weighted by Crippen LogP contribution is 2.33. The van der Waals surface area contributed by atoms with Gasteiger partial charge in [0.25, 0.3) is 10.0 Å². The minimum atomic E-state index is -4.19. The Morgan fingerprint density at radius 1 is 0.953 bits per heavy atom. The highest BCUT2D eigenvalue weighted by molar-refractivity contribution is 7.92. The van der Waals surface area contributed by atoms with Crippen LogP contribution in [0.2, 0.25) is 0 Å². The SMILES string of the molecule is CCOc1ccccc1N(CC(=O)N(Cc1cccc(OC)c1)C(CC)C(=O)NC1CCCC1)S(=O)(=O)c1ccccc1. The number of methoxy groups -OCH3 is 1. The molecule has 0 aromatic heterocycles. The third-order valence-electron chi connectivity index (χ3n) is 7.62. The van der Waals surface area contributed by atoms with E-state index in [9.17, 15) is 18.0 Å². The summed E-state index contributed by atoms with van der Waals surface area (Å²) in [5, 5.41) is 3.13. The van der Waals surface area contributed by atoms with Gasteiger partial charge in [0.15, 0.2) is 0 Å². The molecule has 0 heterocycles. The summed E-state index contributed by atoms with van der Waals surface area (Å²) >= 11 is 0. The van der Waals surface area contributed by atoms with Crippen LogP contribution < -0.4 is 19.1 Å². The Labute approximate surface area is 254 Å². The van der Waals surface area contributed by atoms with E-state index in [1.165, 1.54) is 17.0 Å². The summed E-state index contributed by atoms with van der Waals surface area (Å²) in [7, 11) is -2.63. The fraction of sp³-hybridized carbons (Fsp3) is 0.394. The van der Waals surface area contributed by atoms with Gasteiger partial charge in [0.05, 0.1) is 24.3 Å². The maximum Gasteiger partial charge on any atom is 0.264 e. The van der Waals surface area contributed by atoms with Crippen LogP contribution in [0.4, 0.5) is 5.69 Å². The summed E-state index contributed by atoms with van der Waals surface area (Å²) in [5.74, 6) is 0.204. The third-order valence-corrected chi connectivity index (χ3v) is 9.39. The molecule has 0 saturated heterocycles. The van der Waals surface area contributed by atoms with Crippen molar-refractivity contribution >= 4 is 27.5 Å². The lowest BCUT2D eigenvalue weighted by molar-refractivity contribution is -0.140. The largest absolute Gasteiger partial charge is 0.497 e. The number of hydrogen-bond donors (Lipinski definition) is 1. The second-order valence-electron chi connectivity index (χ2n) is 10.5. The van der Waals surface area contributed by atoms with Crippen LogP contribution in [0.15, 0.2) is 83.8 Å². The molecular formula is C33H41N3O6S. The summed E-state index contributed by atoms with van der Waals surface area (Å²) in [5.41, 5.74) is 0.998. The van der Waals surface area contributed by atoms with Crippen LogP contribution in [-0.4, -0.2) is 57.5 Å². The average molecular weight is 608 g/mol. The van der Waals surface area contributed by atoms with E-state index >= 15 is 0 Å². The van der Waals surface area contributed by atoms with Crippen LogP contribution in [0.25, 0.3) is 0 Å². The van der Waals surface area contributed by atoms with E-state index in [2.05, 4.69) is 5.32 Å². The lowest BCUT2D eigenvalue weighted by Gasteiger charge is -2.34. The molecule has 4 rings (SSSR count). The number of ether oxygens (including phenoxy) is 2. The Morgan fingerprint density at radius 2 is 1.65 bits per heavy atom. The molecule has 1 aliphatic carbocycles. The topological polar surface area (TPSA) is 105 Å². The number of nitrogens with zero attached hydrogens (tertiary/aromatic N) is 2. The first-order valence-corrected chi connectivity index (χ1v) is 16.2. The number of amides is 2. The molecule has 9 nitrogen and oxygen atoms in total. The molecule has 1 unspecified atom stereocenters. The first-order chi connectivity index (χ1) is 20.8. The van der Waals surface area contributed by atoms with Crippen molar-refractivity contribution in [1.29, 1.82) is 0 Å². The van der Waals surface area contributed by atoms with Crippen LogP contribution in [0.5, 0.6) is 11.5 Å². The quantitative estimate of drug-likeness (QED) is 0.272. The Bertz CT molecular complexity index is 1470. The van der Waals surface area contributed by atoms with Gasteiger partial charge in [-0.05, 0) is 68.1 Å². The molecule has 2 amide bonds. The zero-order valence-electron chi connectivity index (χ0n) is 25.1. The molecule has 230 valence electrons. The van der Waals surface area contributed by atoms with E-state index in [1.807, 2.05) is 32.0 Å². The first-order valence-electron chi connectivity index (χ1n) is 14.8. The number of carbonyl (C=O) groups excluding carboxylic acids is 2. The molecule has 0 spiro atoms. The summed E-state index contributed by atoms with van der Waals surface area (Å²) in [6.45, 7) is 3.54. The van der Waals surface area contributed by atoms with Crippen LogP contribution in [0.1, 0.15) is 51.5 Å². The number of anilines is 1. The minimum Gasteiger partial charge on any atom is -0.497 e. The Morgan fingerprint density at radius 3 is 2.33 bits per heavy atom. The van der Waals surface area contributed by atoms with Crippen molar-refractivity contribution in [3.8, 4) is 11.5 Å². The third kappa shape index (κ3) is 7.87. The molecule has 0 aliphatic heterocycles. The molecular weight excluding hydrogens is 566 g/mol. The number of sulfonamides is 1. The van der Waals surface area contributed by atoms with Gasteiger partial charge in [0.2, 0.25) is 11.8 Å². The Kier molecular flexibility index (Phi) is 11.1. The molecule has 1 N–H and O–H groups in total. The van der Waals surface area contributed by atoms with E-state index in [0.717, 1.165) is 35.6 Å². The molecule has 0 bridgehead atoms. The fourth-order valence-electron chi connectivity index (χ4n) is 5.43. The summed E-state index contributed by atoms with van der Waals surface area (Å²) in [6, 6.07) is 21.3. The lowest BCUT2D eigenvalue weighted by Crippen LogP contribution is -2.53. The van der Waals surface area contributed by atoms with Crippen molar-refractivity contribution in [2.75, 3.05) is 24.6 Å². The molecule has 1 saturated carbocycles. The van der Waals surface area contributed by atoms with Gasteiger partial charge in [-0.1, -0.05) is 62.2 Å². The second-order valence-corrected chi connectivity index (χ2v) is 12.4. The van der Waals surface area contributed by atoms with Gasteiger partial charge in [-0.25, -0.2) is 8.42 Å². The normalized spacial score (nSPS) is 14.1. The summed E-state index contributed by atoms with van der Waals surface area (Å²) in [6.07, 6.45) is 4.28. The number of rotatable bonds is 14. The van der Waals surface area contributed by atoms with Gasteiger partial charge in [-0.3, -0.25) is 13.9 Å². The van der Waals surface area contributed by atoms with Crippen molar-refractivity contribution in [1.82, 2.24) is 10.2 Å². The second kappa shape index (κ2) is 14.9. The first kappa shape index (κ1) is 31.9. The van der Waals surface area contributed by atoms with Crippen molar-refractivity contribution in [2.45, 2.75) is 69.5 Å². The molecule has 1 atom stereocenters. The smallest absolute Gasteiger partial charge is 0.264 e. The van der Waals surface area contributed by atoms with Crippen LogP contribution in [0, 0.1) is 0 Å². The van der Waals surface area contributed by atoms with Crippen molar-refractivity contribution in [3.63, 3.8) is 0 Å². The standard InChI is InChI=1S/C33H41N3O6S/c1-4-29(33(38)34-26-15-9-10-16-26)35(23-25-14-13-17-27(22-25)41-3)32(37)24-36(30-20-11-12-21-31(30)42-5-2)43(39,40)28-18-7-6-8-19-28/h6-8,11-14,17-22,26,29H,4-5,9-10,15-16,23-24H2,1-3H3,(H,34,38). The van der Waals surface area contributed by atoms with Crippen molar-refractivity contribution in [3.05, 3.63) is 84.4 Å². The molecule has 1 aliphatic rings. The molecule has 0 radical (unpaired) electrons. The van der Waals surface area contributed by atoms with Crippen LogP contribution in [-0.2, 0) is 26.2 Å². The zero-order chi connectivity index (χ0) is 30.8. The number of hydrogen-bond acceptors (Lipinski definition) is 6. The Balaban J connectivity index is 1.75. The number of benzene rings is 3. The van der Waals surface area contributed by atoms with Gasteiger partial charge in [-0.2, -0.15) is 0 Å². The van der Waals surface area contributed by atoms with E-state index in [0.29, 0.717) is 24.5 Å². The molecule has 1 fully saturated rings. The highest BCUT2D eigenvalue weighted by atomic mass is 32.2. The number of carbonyl (C=O) groups is 2. The monoisotopic (exact) mass is 607 g/mol. The molecule has 43 heavy (non-hydrogen) atoms. The number of para-hydroxylation sites is 2. The summed E-state index contributed by atoms with van der Waals surface area (Å²) < 4.78 is 40.4. The van der Waals surface area contributed by atoms with Gasteiger partial charge in [-0.15, -0.1) is 0 Å². The van der Waals surface area contributed by atoms with E-state index < -0.39 is 28.5 Å². The Hall–Kier alpha value is -4.05. The van der Waals surface area contributed by atoms with Crippen LogP contribution in [0.3, 0.4) is 0 Å². The molecule has 10 heteroatoms. The van der Waals surface area contributed by atoms with Crippen molar-refractivity contribution < 1.29 is 27.5 Å². The predicted octanol–water partition coefficient (Wildman–Crippen LogP) is 5.16. The maximum atomic E-state index is 14.3. The van der Waals surface area contributed by atoms with Gasteiger partial charge in [0, 0.05) is 12.6 Å². The van der Waals surface area contributed by atoms with E-state index in [1.54, 1.807) is 55.6 Å². The molecule has 3 aromatic carbocycles. The molecule has 3 aromatic rings. The maximum absolute atomic E-state index is 14.3. The minimum absolute atomic E-state index is 0.0412.